The summed E-state index contributed by atoms with van der Waals surface area (Å²) in [7, 11) is 0. The molecule has 1 heterocycles. The molecule has 118 valence electrons. The second kappa shape index (κ2) is 6.98. The lowest BCUT2D eigenvalue weighted by Crippen LogP contribution is -2.10. The van der Waals surface area contributed by atoms with Gasteiger partial charge in [-0.2, -0.15) is 0 Å². The molecule has 3 rings (SSSR count). The average molecular weight is 392 g/mol. The monoisotopic (exact) mass is 390 g/mol. The fraction of sp³-hybridized carbons (Fsp3) is 0.0588. The van der Waals surface area contributed by atoms with E-state index in [9.17, 15) is 0 Å². The number of benzene rings is 2. The van der Waals surface area contributed by atoms with Gasteiger partial charge in [-0.1, -0.05) is 22.0 Å². The summed E-state index contributed by atoms with van der Waals surface area (Å²) in [5.74, 6) is 0.856. The van der Waals surface area contributed by atoms with Crippen molar-refractivity contribution in [3.8, 4) is 0 Å². The van der Waals surface area contributed by atoms with E-state index in [0.29, 0.717) is 5.56 Å². The van der Waals surface area contributed by atoms with Crippen LogP contribution in [-0.2, 0) is 0 Å². The van der Waals surface area contributed by atoms with Crippen molar-refractivity contribution < 1.29 is 0 Å². The van der Waals surface area contributed by atoms with E-state index in [1.807, 2.05) is 42.5 Å². The minimum absolute atomic E-state index is 0. The molecular formula is C17H16BrClN4. The van der Waals surface area contributed by atoms with Gasteiger partial charge < -0.3 is 11.1 Å². The van der Waals surface area contributed by atoms with Crippen molar-refractivity contribution in [3.63, 3.8) is 0 Å². The van der Waals surface area contributed by atoms with E-state index in [1.54, 1.807) is 0 Å². The maximum atomic E-state index is 7.41. The van der Waals surface area contributed by atoms with Crippen molar-refractivity contribution in [3.05, 3.63) is 64.1 Å². The zero-order valence-electron chi connectivity index (χ0n) is 12.4. The molecule has 0 atom stereocenters. The summed E-state index contributed by atoms with van der Waals surface area (Å²) in [5.41, 5.74) is 9.18. The smallest absolute Gasteiger partial charge is 0.131 e. The zero-order valence-corrected chi connectivity index (χ0v) is 14.8. The van der Waals surface area contributed by atoms with Crippen molar-refractivity contribution in [2.45, 2.75) is 6.92 Å². The molecular weight excluding hydrogens is 376 g/mol. The van der Waals surface area contributed by atoms with Crippen LogP contribution in [0.1, 0.15) is 11.1 Å². The molecule has 4 N–H and O–H groups in total. The van der Waals surface area contributed by atoms with E-state index in [2.05, 4.69) is 39.2 Å². The molecule has 0 aliphatic heterocycles. The van der Waals surface area contributed by atoms with Crippen LogP contribution in [0.2, 0.25) is 0 Å². The molecule has 1 aromatic heterocycles. The first-order valence-corrected chi connectivity index (χ1v) is 7.60. The van der Waals surface area contributed by atoms with E-state index in [1.165, 1.54) is 5.56 Å². The van der Waals surface area contributed by atoms with Gasteiger partial charge in [0.05, 0.1) is 5.52 Å². The number of hydrogen-bond acceptors (Lipinski definition) is 3. The molecule has 0 aliphatic carbocycles. The van der Waals surface area contributed by atoms with Gasteiger partial charge in [-0.05, 0) is 55.0 Å². The highest BCUT2D eigenvalue weighted by atomic mass is 79.9. The van der Waals surface area contributed by atoms with Crippen LogP contribution in [-0.4, -0.2) is 10.8 Å². The minimum atomic E-state index is 0. The number of nitrogens with one attached hydrogen (secondary N) is 2. The first-order valence-electron chi connectivity index (χ1n) is 6.81. The number of halogens is 2. The average Bonchev–Trinajstić information content (AvgIpc) is 2.47. The highest BCUT2D eigenvalue weighted by molar-refractivity contribution is 9.10. The number of nitrogens with two attached hydrogens (primary N) is 1. The van der Waals surface area contributed by atoms with Crippen LogP contribution in [0.5, 0.6) is 0 Å². The number of fused-ring (bicyclic) bond motifs is 1. The largest absolute Gasteiger partial charge is 0.384 e. The molecule has 0 saturated carbocycles. The SMILES string of the molecule is Cc1cc(Nc2ccc(C(=N)N)cc2)nc2cc(Br)ccc12.Cl. The molecule has 0 aliphatic rings. The number of aryl methyl sites for hydroxylation is 1. The van der Waals surface area contributed by atoms with Crippen LogP contribution in [0.15, 0.2) is 53.0 Å². The van der Waals surface area contributed by atoms with E-state index < -0.39 is 0 Å². The third-order valence-corrected chi connectivity index (χ3v) is 3.94. The van der Waals surface area contributed by atoms with Crippen LogP contribution in [0.25, 0.3) is 10.9 Å². The van der Waals surface area contributed by atoms with Crippen molar-refractivity contribution in [2.24, 2.45) is 5.73 Å². The van der Waals surface area contributed by atoms with E-state index in [0.717, 1.165) is 26.9 Å². The fourth-order valence-electron chi connectivity index (χ4n) is 2.32. The number of pyridine rings is 1. The Bertz CT molecular complexity index is 862. The topological polar surface area (TPSA) is 74.8 Å². The zero-order chi connectivity index (χ0) is 15.7. The van der Waals surface area contributed by atoms with E-state index in [4.69, 9.17) is 11.1 Å². The standard InChI is InChI=1S/C17H15BrN4.ClH/c1-10-8-16(22-15-9-12(18)4-7-14(10)15)21-13-5-2-11(3-6-13)17(19)20;/h2-9H,1H3,(H3,19,20)(H,21,22);1H. The first kappa shape index (κ1) is 17.2. The van der Waals surface area contributed by atoms with Crippen molar-refractivity contribution in [1.82, 2.24) is 4.98 Å². The summed E-state index contributed by atoms with van der Waals surface area (Å²) in [6, 6.07) is 15.5. The second-order valence-corrected chi connectivity index (χ2v) is 6.02. The third kappa shape index (κ3) is 3.81. The molecule has 0 saturated heterocycles. The van der Waals surface area contributed by atoms with Gasteiger partial charge in [0.2, 0.25) is 0 Å². The Kier molecular flexibility index (Phi) is 5.23. The van der Waals surface area contributed by atoms with Crippen molar-refractivity contribution >= 4 is 56.6 Å². The molecule has 3 aromatic rings. The van der Waals surface area contributed by atoms with Crippen LogP contribution >= 0.6 is 28.3 Å². The van der Waals surface area contributed by atoms with Crippen LogP contribution in [0.3, 0.4) is 0 Å². The number of nitrogens with zero attached hydrogens (tertiary/aromatic N) is 1. The Labute approximate surface area is 149 Å². The molecule has 4 nitrogen and oxygen atoms in total. The van der Waals surface area contributed by atoms with Gasteiger partial charge in [0.1, 0.15) is 11.7 Å². The van der Waals surface area contributed by atoms with Crippen LogP contribution in [0.4, 0.5) is 11.5 Å². The molecule has 0 fully saturated rings. The van der Waals surface area contributed by atoms with Gasteiger partial charge in [0, 0.05) is 21.1 Å². The third-order valence-electron chi connectivity index (χ3n) is 3.45. The van der Waals surface area contributed by atoms with Gasteiger partial charge in [-0.3, -0.25) is 5.41 Å². The highest BCUT2D eigenvalue weighted by Crippen LogP contribution is 2.25. The molecule has 0 bridgehead atoms. The second-order valence-electron chi connectivity index (χ2n) is 5.10. The summed E-state index contributed by atoms with van der Waals surface area (Å²) in [6.07, 6.45) is 0. The Morgan fingerprint density at radius 3 is 2.48 bits per heavy atom. The highest BCUT2D eigenvalue weighted by Gasteiger charge is 2.04. The van der Waals surface area contributed by atoms with Gasteiger partial charge in [0.25, 0.3) is 0 Å². The van der Waals surface area contributed by atoms with E-state index in [-0.39, 0.29) is 18.2 Å². The Hall–Kier alpha value is -2.11. The quantitative estimate of drug-likeness (QED) is 0.445. The van der Waals surface area contributed by atoms with Gasteiger partial charge in [0.15, 0.2) is 0 Å². The fourth-order valence-corrected chi connectivity index (χ4v) is 2.67. The lowest BCUT2D eigenvalue weighted by Gasteiger charge is -2.10. The number of nitrogen functional groups attached to an aromatic ring is 1. The molecule has 6 heteroatoms. The summed E-state index contributed by atoms with van der Waals surface area (Å²) < 4.78 is 1.01. The summed E-state index contributed by atoms with van der Waals surface area (Å²) in [5, 5.41) is 11.8. The lowest BCUT2D eigenvalue weighted by molar-refractivity contribution is 1.34. The van der Waals surface area contributed by atoms with E-state index >= 15 is 0 Å². The van der Waals surface area contributed by atoms with Gasteiger partial charge >= 0.3 is 0 Å². The maximum Gasteiger partial charge on any atom is 0.131 e. The predicted octanol–water partition coefficient (Wildman–Crippen LogP) is 4.76. The van der Waals surface area contributed by atoms with Gasteiger partial charge in [-0.25, -0.2) is 4.98 Å². The molecule has 0 amide bonds. The van der Waals surface area contributed by atoms with Crippen LogP contribution < -0.4 is 11.1 Å². The number of amidine groups is 1. The Morgan fingerprint density at radius 2 is 1.83 bits per heavy atom. The van der Waals surface area contributed by atoms with Crippen molar-refractivity contribution in [2.75, 3.05) is 5.32 Å². The predicted molar refractivity (Wildman–Crippen MR) is 102 cm³/mol. The molecule has 23 heavy (non-hydrogen) atoms. The summed E-state index contributed by atoms with van der Waals surface area (Å²) in [6.45, 7) is 2.07. The molecule has 0 radical (unpaired) electrons. The maximum absolute atomic E-state index is 7.41. The van der Waals surface area contributed by atoms with Crippen LogP contribution in [0, 0.1) is 12.3 Å². The molecule has 0 unspecified atom stereocenters. The number of anilines is 2. The normalized spacial score (nSPS) is 10.2. The molecule has 0 spiro atoms. The lowest BCUT2D eigenvalue weighted by atomic mass is 10.1. The van der Waals surface area contributed by atoms with Crippen molar-refractivity contribution in [1.29, 1.82) is 5.41 Å². The first-order chi connectivity index (χ1) is 10.5. The summed E-state index contributed by atoms with van der Waals surface area (Å²) >= 11 is 3.48. The number of rotatable bonds is 3. The number of aromatic nitrogens is 1. The Balaban J connectivity index is 0.00000192. The minimum Gasteiger partial charge on any atom is -0.384 e. The number of hydrogen-bond donors (Lipinski definition) is 3. The summed E-state index contributed by atoms with van der Waals surface area (Å²) in [4.78, 5) is 4.64. The Morgan fingerprint density at radius 1 is 1.13 bits per heavy atom. The van der Waals surface area contributed by atoms with Gasteiger partial charge in [-0.15, -0.1) is 12.4 Å². The molecule has 2 aromatic carbocycles.